The van der Waals surface area contributed by atoms with Crippen LogP contribution in [0.25, 0.3) is 6.08 Å². The lowest BCUT2D eigenvalue weighted by molar-refractivity contribution is -0.303. The fraction of sp³-hybridized carbons (Fsp3) is 0.0909. The van der Waals surface area contributed by atoms with Crippen molar-refractivity contribution in [3.8, 4) is 0 Å². The first-order chi connectivity index (χ1) is 7.58. The molecule has 1 amide bonds. The fourth-order valence-corrected chi connectivity index (χ4v) is 1.09. The molecule has 0 aliphatic heterocycles. The Morgan fingerprint density at radius 2 is 1.94 bits per heavy atom. The van der Waals surface area contributed by atoms with Gasteiger partial charge in [-0.1, -0.05) is 23.7 Å². The molecule has 0 unspecified atom stereocenters. The summed E-state index contributed by atoms with van der Waals surface area (Å²) in [6.07, 6.45) is 2.80. The van der Waals surface area contributed by atoms with Crippen LogP contribution in [0.3, 0.4) is 0 Å². The highest BCUT2D eigenvalue weighted by molar-refractivity contribution is 6.30. The van der Waals surface area contributed by atoms with Gasteiger partial charge < -0.3 is 15.2 Å². The molecule has 0 radical (unpaired) electrons. The maximum Gasteiger partial charge on any atom is 0.244 e. The highest BCUT2D eigenvalue weighted by Gasteiger charge is 1.94. The summed E-state index contributed by atoms with van der Waals surface area (Å²) in [5, 5.41) is 12.8. The Morgan fingerprint density at radius 3 is 2.50 bits per heavy atom. The van der Waals surface area contributed by atoms with Crippen molar-refractivity contribution in [2.75, 3.05) is 6.54 Å². The molecule has 1 aromatic rings. The molecule has 0 spiro atoms. The monoisotopic (exact) mass is 238 g/mol. The highest BCUT2D eigenvalue weighted by atomic mass is 35.5. The van der Waals surface area contributed by atoms with Crippen molar-refractivity contribution >= 4 is 29.6 Å². The van der Waals surface area contributed by atoms with Gasteiger partial charge in [-0.2, -0.15) is 0 Å². The number of benzene rings is 1. The Hall–Kier alpha value is -1.81. The molecule has 1 N–H and O–H groups in total. The van der Waals surface area contributed by atoms with Gasteiger partial charge in [-0.25, -0.2) is 0 Å². The standard InChI is InChI=1S/C11H10ClNO3/c12-9-4-1-8(2-5-9)3-6-10(14)13-7-11(15)16/h1-6H,7H2,(H,13,14)(H,15,16)/p-1. The average Bonchev–Trinajstić information content (AvgIpc) is 2.25. The second kappa shape index (κ2) is 5.92. The Morgan fingerprint density at radius 1 is 1.31 bits per heavy atom. The molecule has 1 rings (SSSR count). The van der Waals surface area contributed by atoms with E-state index in [9.17, 15) is 14.7 Å². The van der Waals surface area contributed by atoms with E-state index in [1.165, 1.54) is 6.08 Å². The lowest BCUT2D eigenvalue weighted by atomic mass is 10.2. The van der Waals surface area contributed by atoms with E-state index < -0.39 is 18.4 Å². The second-order valence-corrected chi connectivity index (χ2v) is 3.41. The highest BCUT2D eigenvalue weighted by Crippen LogP contribution is 2.10. The first-order valence-corrected chi connectivity index (χ1v) is 4.87. The number of carbonyl (C=O) groups excluding carboxylic acids is 2. The van der Waals surface area contributed by atoms with Crippen LogP contribution in [0, 0.1) is 0 Å². The molecule has 0 saturated carbocycles. The maximum absolute atomic E-state index is 11.1. The van der Waals surface area contributed by atoms with Crippen molar-refractivity contribution in [1.29, 1.82) is 0 Å². The Balaban J connectivity index is 2.50. The SMILES string of the molecule is O=C([O-])CNC(=O)C=Cc1ccc(Cl)cc1. The summed E-state index contributed by atoms with van der Waals surface area (Å²) in [4.78, 5) is 21.1. The number of rotatable bonds is 4. The van der Waals surface area contributed by atoms with Crippen molar-refractivity contribution in [3.63, 3.8) is 0 Å². The number of carbonyl (C=O) groups is 2. The minimum Gasteiger partial charge on any atom is -0.548 e. The molecule has 0 aromatic heterocycles. The molecule has 0 saturated heterocycles. The smallest absolute Gasteiger partial charge is 0.244 e. The number of carboxylic acids is 1. The van der Waals surface area contributed by atoms with Crippen LogP contribution in [0.4, 0.5) is 0 Å². The molecule has 1 aromatic carbocycles. The average molecular weight is 239 g/mol. The Bertz CT molecular complexity index is 412. The van der Waals surface area contributed by atoms with Crippen LogP contribution in [0.5, 0.6) is 0 Å². The molecule has 0 aliphatic rings. The lowest BCUT2D eigenvalue weighted by Crippen LogP contribution is -2.36. The van der Waals surface area contributed by atoms with Gasteiger partial charge in [0.25, 0.3) is 0 Å². The van der Waals surface area contributed by atoms with Gasteiger partial charge in [-0.15, -0.1) is 0 Å². The molecular weight excluding hydrogens is 230 g/mol. The molecule has 0 heterocycles. The van der Waals surface area contributed by atoms with Gasteiger partial charge in [0.05, 0.1) is 12.5 Å². The minimum atomic E-state index is -1.33. The van der Waals surface area contributed by atoms with Gasteiger partial charge in [0, 0.05) is 11.1 Å². The van der Waals surface area contributed by atoms with Crippen LogP contribution in [-0.2, 0) is 9.59 Å². The first-order valence-electron chi connectivity index (χ1n) is 4.49. The largest absolute Gasteiger partial charge is 0.548 e. The van der Waals surface area contributed by atoms with Crippen LogP contribution in [0.1, 0.15) is 5.56 Å². The van der Waals surface area contributed by atoms with Crippen molar-refractivity contribution in [3.05, 3.63) is 40.9 Å². The normalized spacial score (nSPS) is 10.3. The molecule has 5 heteroatoms. The van der Waals surface area contributed by atoms with Crippen LogP contribution >= 0.6 is 11.6 Å². The van der Waals surface area contributed by atoms with Crippen LogP contribution in [-0.4, -0.2) is 18.4 Å². The van der Waals surface area contributed by atoms with Gasteiger partial charge >= 0.3 is 0 Å². The second-order valence-electron chi connectivity index (χ2n) is 2.97. The summed E-state index contributed by atoms with van der Waals surface area (Å²) in [7, 11) is 0. The third-order valence-corrected chi connectivity index (χ3v) is 1.96. The molecule has 0 fully saturated rings. The summed E-state index contributed by atoms with van der Waals surface area (Å²) in [5.41, 5.74) is 0.799. The summed E-state index contributed by atoms with van der Waals surface area (Å²) in [6, 6.07) is 6.87. The van der Waals surface area contributed by atoms with Crippen LogP contribution in [0.2, 0.25) is 5.02 Å². The van der Waals surface area contributed by atoms with Gasteiger partial charge in [0.1, 0.15) is 0 Å². The van der Waals surface area contributed by atoms with Crippen molar-refractivity contribution in [2.45, 2.75) is 0 Å². The third kappa shape index (κ3) is 4.61. The zero-order valence-corrected chi connectivity index (χ0v) is 9.03. The third-order valence-electron chi connectivity index (χ3n) is 1.70. The van der Waals surface area contributed by atoms with E-state index in [-0.39, 0.29) is 0 Å². The quantitative estimate of drug-likeness (QED) is 0.763. The summed E-state index contributed by atoms with van der Waals surface area (Å²) >= 11 is 5.68. The predicted molar refractivity (Wildman–Crippen MR) is 58.5 cm³/mol. The molecule has 0 atom stereocenters. The van der Waals surface area contributed by atoms with E-state index in [0.717, 1.165) is 5.56 Å². The van der Waals surface area contributed by atoms with Crippen molar-refractivity contribution in [1.82, 2.24) is 5.32 Å². The molecule has 4 nitrogen and oxygen atoms in total. The van der Waals surface area contributed by atoms with E-state index in [2.05, 4.69) is 5.32 Å². The van der Waals surface area contributed by atoms with Gasteiger partial charge in [-0.3, -0.25) is 4.79 Å². The zero-order chi connectivity index (χ0) is 12.0. The first kappa shape index (κ1) is 12.3. The Kier molecular flexibility index (Phi) is 4.54. The van der Waals surface area contributed by atoms with Crippen LogP contribution < -0.4 is 10.4 Å². The summed E-state index contributed by atoms with van der Waals surface area (Å²) < 4.78 is 0. The van der Waals surface area contributed by atoms with Gasteiger partial charge in [0.2, 0.25) is 5.91 Å². The van der Waals surface area contributed by atoms with E-state index in [0.29, 0.717) is 5.02 Å². The van der Waals surface area contributed by atoms with Gasteiger partial charge in [0.15, 0.2) is 0 Å². The number of amides is 1. The summed E-state index contributed by atoms with van der Waals surface area (Å²) in [5.74, 6) is -1.81. The molecular formula is C11H9ClNO3-. The fourth-order valence-electron chi connectivity index (χ4n) is 0.964. The molecule has 84 valence electrons. The maximum atomic E-state index is 11.1. The number of hydrogen-bond acceptors (Lipinski definition) is 3. The lowest BCUT2D eigenvalue weighted by Gasteiger charge is -2.01. The predicted octanol–water partition coefficient (Wildman–Crippen LogP) is 0.219. The number of aliphatic carboxylic acids is 1. The van der Waals surface area contributed by atoms with E-state index in [4.69, 9.17) is 11.6 Å². The van der Waals surface area contributed by atoms with E-state index in [1.54, 1.807) is 30.3 Å². The Labute approximate surface area is 97.5 Å². The molecule has 0 aliphatic carbocycles. The zero-order valence-electron chi connectivity index (χ0n) is 8.27. The van der Waals surface area contributed by atoms with E-state index >= 15 is 0 Å². The van der Waals surface area contributed by atoms with E-state index in [1.807, 2.05) is 0 Å². The summed E-state index contributed by atoms with van der Waals surface area (Å²) in [6.45, 7) is -0.496. The topological polar surface area (TPSA) is 69.2 Å². The number of nitrogens with one attached hydrogen (secondary N) is 1. The van der Waals surface area contributed by atoms with Crippen molar-refractivity contribution in [2.24, 2.45) is 0 Å². The number of halogens is 1. The minimum absolute atomic E-state index is 0.487. The van der Waals surface area contributed by atoms with Crippen molar-refractivity contribution < 1.29 is 14.7 Å². The van der Waals surface area contributed by atoms with Crippen LogP contribution in [0.15, 0.2) is 30.3 Å². The number of hydrogen-bond donors (Lipinski definition) is 1. The number of carboxylic acid groups (broad SMARTS) is 1. The van der Waals surface area contributed by atoms with Gasteiger partial charge in [-0.05, 0) is 23.8 Å². The molecule has 0 bridgehead atoms. The molecule has 16 heavy (non-hydrogen) atoms.